The van der Waals surface area contributed by atoms with Crippen LogP contribution in [0.2, 0.25) is 0 Å². The van der Waals surface area contributed by atoms with Gasteiger partial charge in [-0.15, -0.1) is 0 Å². The van der Waals surface area contributed by atoms with E-state index < -0.39 is 61.1 Å². The van der Waals surface area contributed by atoms with Crippen molar-refractivity contribution in [3.8, 4) is 0 Å². The number of methoxy groups -OCH3 is 1. The van der Waals surface area contributed by atoms with Gasteiger partial charge in [0.1, 0.15) is 18.3 Å². The second-order valence-electron chi connectivity index (χ2n) is 6.05. The lowest BCUT2D eigenvalue weighted by atomic mass is 9.88. The monoisotopic (exact) mass is 365 g/mol. The van der Waals surface area contributed by atoms with Gasteiger partial charge in [0, 0.05) is 20.0 Å². The molecule has 10 nitrogen and oxygen atoms in total. The normalized spacial score (nSPS) is 32.0. The van der Waals surface area contributed by atoms with E-state index in [1.165, 1.54) is 0 Å². The molecule has 0 aromatic heterocycles. The first-order valence-corrected chi connectivity index (χ1v) is 8.13. The van der Waals surface area contributed by atoms with Crippen LogP contribution in [0.4, 0.5) is 0 Å². The number of unbranched alkanes of at least 4 members (excludes halogenated alkanes) is 1. The standard InChI is InChI=1S/C15H27NO9/c1-3-4-5-10(20)16-11-8(18)6-15(24-2,14(22)23)25-13(11)12(21)9(19)7-17/h8-9,11-13,17-19,21H,3-7H2,1-2H3,(H,16,20)(H,22,23)/t8-,9+,11+,12+,13+,15+/m0/s1. The molecule has 0 saturated carbocycles. The van der Waals surface area contributed by atoms with Gasteiger partial charge in [-0.1, -0.05) is 13.3 Å². The summed E-state index contributed by atoms with van der Waals surface area (Å²) >= 11 is 0. The van der Waals surface area contributed by atoms with E-state index >= 15 is 0 Å². The van der Waals surface area contributed by atoms with Gasteiger partial charge in [-0.2, -0.15) is 0 Å². The molecule has 1 amide bonds. The van der Waals surface area contributed by atoms with Crippen LogP contribution in [0.25, 0.3) is 0 Å². The number of hydrogen-bond acceptors (Lipinski definition) is 8. The fraction of sp³-hybridized carbons (Fsp3) is 0.867. The highest BCUT2D eigenvalue weighted by Gasteiger charge is 2.55. The second kappa shape index (κ2) is 9.41. The van der Waals surface area contributed by atoms with E-state index in [0.717, 1.165) is 13.5 Å². The molecule has 25 heavy (non-hydrogen) atoms. The SMILES string of the molecule is CCCCC(=O)N[C@H]1[C@H]([C@H](O)[C@H](O)CO)O[C@@](OC)(C(=O)O)C[C@@H]1O. The van der Waals surface area contributed by atoms with Crippen molar-refractivity contribution in [2.75, 3.05) is 13.7 Å². The number of aliphatic carboxylic acids is 1. The van der Waals surface area contributed by atoms with E-state index in [1.807, 2.05) is 6.92 Å². The number of nitrogens with one attached hydrogen (secondary N) is 1. The predicted octanol–water partition coefficient (Wildman–Crippen LogP) is -2.05. The van der Waals surface area contributed by atoms with Crippen LogP contribution >= 0.6 is 0 Å². The molecule has 1 aliphatic heterocycles. The number of carboxylic acid groups (broad SMARTS) is 1. The topological polar surface area (TPSA) is 166 Å². The van der Waals surface area contributed by atoms with Gasteiger partial charge < -0.3 is 40.3 Å². The second-order valence-corrected chi connectivity index (χ2v) is 6.05. The lowest BCUT2D eigenvalue weighted by molar-refractivity contribution is -0.303. The number of carbonyl (C=O) groups is 2. The van der Waals surface area contributed by atoms with Crippen molar-refractivity contribution in [2.45, 2.75) is 68.9 Å². The Morgan fingerprint density at radius 2 is 2.04 bits per heavy atom. The fourth-order valence-corrected chi connectivity index (χ4v) is 2.70. The van der Waals surface area contributed by atoms with E-state index in [1.54, 1.807) is 0 Å². The van der Waals surface area contributed by atoms with E-state index in [0.29, 0.717) is 6.42 Å². The number of hydrogen-bond donors (Lipinski definition) is 6. The molecule has 0 aromatic carbocycles. The maximum Gasteiger partial charge on any atom is 0.364 e. The first-order valence-electron chi connectivity index (χ1n) is 8.13. The number of carboxylic acids is 1. The minimum absolute atomic E-state index is 0.180. The zero-order chi connectivity index (χ0) is 19.2. The predicted molar refractivity (Wildman–Crippen MR) is 83.4 cm³/mol. The maximum absolute atomic E-state index is 12.0. The lowest BCUT2D eigenvalue weighted by Crippen LogP contribution is -2.67. The van der Waals surface area contributed by atoms with E-state index in [9.17, 15) is 30.0 Å². The van der Waals surface area contributed by atoms with Gasteiger partial charge in [-0.05, 0) is 6.42 Å². The van der Waals surface area contributed by atoms with Crippen LogP contribution in [0.3, 0.4) is 0 Å². The Labute approximate surface area is 145 Å². The highest BCUT2D eigenvalue weighted by atomic mass is 16.7. The maximum atomic E-state index is 12.0. The minimum Gasteiger partial charge on any atom is -0.477 e. The molecule has 0 aromatic rings. The van der Waals surface area contributed by atoms with Crippen molar-refractivity contribution in [2.24, 2.45) is 0 Å². The molecule has 0 radical (unpaired) electrons. The molecule has 1 saturated heterocycles. The van der Waals surface area contributed by atoms with E-state index in [2.05, 4.69) is 5.32 Å². The molecule has 10 heteroatoms. The van der Waals surface area contributed by atoms with Crippen molar-refractivity contribution in [3.05, 3.63) is 0 Å². The van der Waals surface area contributed by atoms with Crippen molar-refractivity contribution >= 4 is 11.9 Å². The summed E-state index contributed by atoms with van der Waals surface area (Å²) in [6, 6.07) is -1.18. The van der Waals surface area contributed by atoms with Crippen LogP contribution in [0.15, 0.2) is 0 Å². The van der Waals surface area contributed by atoms with Crippen LogP contribution in [0.1, 0.15) is 32.6 Å². The van der Waals surface area contributed by atoms with Gasteiger partial charge in [0.15, 0.2) is 0 Å². The zero-order valence-corrected chi connectivity index (χ0v) is 14.3. The average Bonchev–Trinajstić information content (AvgIpc) is 2.59. The molecular weight excluding hydrogens is 338 g/mol. The molecule has 1 fully saturated rings. The van der Waals surface area contributed by atoms with Crippen molar-refractivity contribution < 1.29 is 44.6 Å². The summed E-state index contributed by atoms with van der Waals surface area (Å²) in [6.07, 6.45) is -5.26. The molecule has 1 heterocycles. The third kappa shape index (κ3) is 5.09. The number of rotatable bonds is 9. The van der Waals surface area contributed by atoms with Gasteiger partial charge in [0.2, 0.25) is 5.91 Å². The first-order chi connectivity index (χ1) is 11.7. The third-order valence-corrected chi connectivity index (χ3v) is 4.23. The van der Waals surface area contributed by atoms with Crippen molar-refractivity contribution in [1.82, 2.24) is 5.32 Å². The highest BCUT2D eigenvalue weighted by molar-refractivity contribution is 5.77. The highest BCUT2D eigenvalue weighted by Crippen LogP contribution is 2.33. The van der Waals surface area contributed by atoms with Crippen LogP contribution < -0.4 is 5.32 Å². The lowest BCUT2D eigenvalue weighted by Gasteiger charge is -2.46. The first kappa shape index (κ1) is 21.7. The Hall–Kier alpha value is -1.30. The Morgan fingerprint density at radius 3 is 2.52 bits per heavy atom. The molecule has 6 N–H and O–H groups in total. The Balaban J connectivity index is 3.07. The number of amides is 1. The van der Waals surface area contributed by atoms with Crippen molar-refractivity contribution in [1.29, 1.82) is 0 Å². The van der Waals surface area contributed by atoms with Crippen LogP contribution in [-0.2, 0) is 19.1 Å². The average molecular weight is 365 g/mol. The summed E-state index contributed by atoms with van der Waals surface area (Å²) in [5.41, 5.74) is 0. The van der Waals surface area contributed by atoms with E-state index in [4.69, 9.17) is 14.6 Å². The summed E-state index contributed by atoms with van der Waals surface area (Å²) < 4.78 is 10.2. The minimum atomic E-state index is -2.25. The molecule has 0 bridgehead atoms. The number of aliphatic hydroxyl groups is 4. The Kier molecular flexibility index (Phi) is 8.19. The molecule has 0 unspecified atom stereocenters. The largest absolute Gasteiger partial charge is 0.477 e. The number of ether oxygens (including phenoxy) is 2. The summed E-state index contributed by atoms with van der Waals surface area (Å²) in [7, 11) is 1.06. The molecule has 146 valence electrons. The molecule has 1 aliphatic rings. The van der Waals surface area contributed by atoms with Gasteiger partial charge in [-0.25, -0.2) is 4.79 Å². The zero-order valence-electron chi connectivity index (χ0n) is 14.3. The van der Waals surface area contributed by atoms with Gasteiger partial charge in [-0.3, -0.25) is 4.79 Å². The molecule has 1 rings (SSSR count). The third-order valence-electron chi connectivity index (χ3n) is 4.23. The Bertz CT molecular complexity index is 460. The quantitative estimate of drug-likeness (QED) is 0.270. The van der Waals surface area contributed by atoms with Crippen LogP contribution in [-0.4, -0.2) is 87.4 Å². The van der Waals surface area contributed by atoms with E-state index in [-0.39, 0.29) is 6.42 Å². The van der Waals surface area contributed by atoms with Gasteiger partial charge >= 0.3 is 5.97 Å². The molecule has 6 atom stereocenters. The molecular formula is C15H27NO9. The summed E-state index contributed by atoms with van der Waals surface area (Å²) in [4.78, 5) is 23.5. The molecule has 0 aliphatic carbocycles. The van der Waals surface area contributed by atoms with Gasteiger partial charge in [0.25, 0.3) is 5.79 Å². The van der Waals surface area contributed by atoms with Crippen LogP contribution in [0, 0.1) is 0 Å². The smallest absolute Gasteiger partial charge is 0.364 e. The van der Waals surface area contributed by atoms with Crippen LogP contribution in [0.5, 0.6) is 0 Å². The fourth-order valence-electron chi connectivity index (χ4n) is 2.70. The number of carbonyl (C=O) groups excluding carboxylic acids is 1. The number of aliphatic hydroxyl groups excluding tert-OH is 4. The summed E-state index contributed by atoms with van der Waals surface area (Å²) in [5.74, 6) is -4.18. The summed E-state index contributed by atoms with van der Waals surface area (Å²) in [5, 5.41) is 51.1. The van der Waals surface area contributed by atoms with Gasteiger partial charge in [0.05, 0.1) is 18.8 Å². The Morgan fingerprint density at radius 1 is 1.40 bits per heavy atom. The van der Waals surface area contributed by atoms with Crippen molar-refractivity contribution in [3.63, 3.8) is 0 Å². The molecule has 0 spiro atoms. The summed E-state index contributed by atoms with van der Waals surface area (Å²) in [6.45, 7) is 1.08.